The average molecular weight is 452 g/mol. The van der Waals surface area contributed by atoms with Gasteiger partial charge in [-0.3, -0.25) is 14.7 Å². The maximum absolute atomic E-state index is 14.3. The van der Waals surface area contributed by atoms with Gasteiger partial charge >= 0.3 is 0 Å². The SMILES string of the molecule is C=CCn1c(SC(C)c2nnc(-c3ccc([N+](=O)[O-])cc3)o2)nnc1-c1ccccc1F. The molecule has 0 N–H and O–H groups in total. The quantitative estimate of drug-likeness (QED) is 0.157. The minimum atomic E-state index is -0.475. The molecule has 1 unspecified atom stereocenters. The number of aromatic nitrogens is 5. The first-order valence-corrected chi connectivity index (χ1v) is 10.4. The highest BCUT2D eigenvalue weighted by Gasteiger charge is 2.22. The molecule has 2 aromatic heterocycles. The van der Waals surface area contributed by atoms with Gasteiger partial charge in [0.2, 0.25) is 11.8 Å². The third-order valence-electron chi connectivity index (χ3n) is 4.54. The molecule has 0 radical (unpaired) electrons. The van der Waals surface area contributed by atoms with Gasteiger partial charge in [0.15, 0.2) is 11.0 Å². The minimum absolute atomic E-state index is 0.0235. The van der Waals surface area contributed by atoms with E-state index in [-0.39, 0.29) is 22.6 Å². The topological polar surface area (TPSA) is 113 Å². The Hall–Kier alpha value is -3.86. The first-order valence-electron chi connectivity index (χ1n) is 9.51. The van der Waals surface area contributed by atoms with Crippen LogP contribution in [0.3, 0.4) is 0 Å². The first kappa shape index (κ1) is 21.4. The smallest absolute Gasteiger partial charge is 0.269 e. The summed E-state index contributed by atoms with van der Waals surface area (Å²) in [4.78, 5) is 10.3. The first-order chi connectivity index (χ1) is 15.5. The van der Waals surface area contributed by atoms with Gasteiger partial charge in [-0.2, -0.15) is 0 Å². The van der Waals surface area contributed by atoms with Crippen molar-refractivity contribution >= 4 is 17.4 Å². The summed E-state index contributed by atoms with van der Waals surface area (Å²) in [5, 5.41) is 27.6. The summed E-state index contributed by atoms with van der Waals surface area (Å²) >= 11 is 1.33. The molecule has 0 aliphatic carbocycles. The van der Waals surface area contributed by atoms with Gasteiger partial charge in [-0.05, 0) is 31.2 Å². The van der Waals surface area contributed by atoms with Crippen molar-refractivity contribution < 1.29 is 13.7 Å². The lowest BCUT2D eigenvalue weighted by Gasteiger charge is -2.10. The number of nitrogens with zero attached hydrogens (tertiary/aromatic N) is 6. The number of allylic oxidation sites excluding steroid dienone is 1. The van der Waals surface area contributed by atoms with Crippen molar-refractivity contribution in [1.29, 1.82) is 0 Å². The number of thioether (sulfide) groups is 1. The number of rotatable bonds is 8. The molecule has 4 aromatic rings. The van der Waals surface area contributed by atoms with Crippen LogP contribution in [0, 0.1) is 15.9 Å². The monoisotopic (exact) mass is 452 g/mol. The van der Waals surface area contributed by atoms with E-state index in [2.05, 4.69) is 27.0 Å². The maximum atomic E-state index is 14.3. The Bertz CT molecular complexity index is 1270. The standard InChI is InChI=1S/C21H17FN6O3S/c1-3-12-27-18(16-6-4-5-7-17(16)22)23-26-21(27)32-13(2)19-24-25-20(31-19)14-8-10-15(11-9-14)28(29)30/h3-11,13H,1,12H2,2H3. The van der Waals surface area contributed by atoms with Crippen LogP contribution in [0.4, 0.5) is 10.1 Å². The molecule has 0 fully saturated rings. The molecule has 4 rings (SSSR count). The van der Waals surface area contributed by atoms with Crippen molar-refractivity contribution in [1.82, 2.24) is 25.0 Å². The minimum Gasteiger partial charge on any atom is -0.419 e. The molecule has 0 aliphatic heterocycles. The number of nitro benzene ring substituents is 1. The van der Waals surface area contributed by atoms with Crippen LogP contribution in [0.15, 0.2) is 70.8 Å². The number of hydrogen-bond acceptors (Lipinski definition) is 8. The Morgan fingerprint density at radius 1 is 1.19 bits per heavy atom. The summed E-state index contributed by atoms with van der Waals surface area (Å²) < 4.78 is 21.8. The van der Waals surface area contributed by atoms with E-state index in [1.165, 1.54) is 30.0 Å². The molecule has 0 saturated carbocycles. The normalized spacial score (nSPS) is 11.9. The highest BCUT2D eigenvalue weighted by atomic mass is 32.2. The molecule has 2 heterocycles. The Morgan fingerprint density at radius 2 is 1.94 bits per heavy atom. The van der Waals surface area contributed by atoms with Gasteiger partial charge in [-0.25, -0.2) is 4.39 Å². The second-order valence-corrected chi connectivity index (χ2v) is 8.00. The van der Waals surface area contributed by atoms with Gasteiger partial charge in [0, 0.05) is 24.2 Å². The molecule has 11 heteroatoms. The van der Waals surface area contributed by atoms with Gasteiger partial charge in [0.05, 0.1) is 15.7 Å². The van der Waals surface area contributed by atoms with Gasteiger partial charge < -0.3 is 4.42 Å². The molecule has 32 heavy (non-hydrogen) atoms. The van der Waals surface area contributed by atoms with E-state index in [1.54, 1.807) is 41.0 Å². The second kappa shape index (κ2) is 9.10. The zero-order chi connectivity index (χ0) is 22.7. The molecule has 0 saturated heterocycles. The zero-order valence-electron chi connectivity index (χ0n) is 16.9. The van der Waals surface area contributed by atoms with Crippen molar-refractivity contribution in [3.05, 3.63) is 83.0 Å². The fourth-order valence-corrected chi connectivity index (χ4v) is 3.85. The summed E-state index contributed by atoms with van der Waals surface area (Å²) in [7, 11) is 0. The molecule has 0 amide bonds. The summed E-state index contributed by atoms with van der Waals surface area (Å²) in [6, 6.07) is 12.2. The fraction of sp³-hybridized carbons (Fsp3) is 0.143. The molecular weight excluding hydrogens is 435 g/mol. The summed E-state index contributed by atoms with van der Waals surface area (Å²) in [6.07, 6.45) is 1.68. The maximum Gasteiger partial charge on any atom is 0.269 e. The number of nitro groups is 1. The van der Waals surface area contributed by atoms with E-state index in [9.17, 15) is 14.5 Å². The molecule has 0 spiro atoms. The van der Waals surface area contributed by atoms with Crippen LogP contribution in [0.25, 0.3) is 22.8 Å². The molecule has 2 aromatic carbocycles. The van der Waals surface area contributed by atoms with E-state index in [4.69, 9.17) is 4.42 Å². The van der Waals surface area contributed by atoms with Crippen LogP contribution in [-0.2, 0) is 6.54 Å². The van der Waals surface area contributed by atoms with Gasteiger partial charge in [0.1, 0.15) is 5.82 Å². The summed E-state index contributed by atoms with van der Waals surface area (Å²) in [6.45, 7) is 6.02. The van der Waals surface area contributed by atoms with Crippen molar-refractivity contribution in [2.75, 3.05) is 0 Å². The molecule has 162 valence electrons. The highest BCUT2D eigenvalue weighted by Crippen LogP contribution is 2.36. The Labute approximate surface area is 186 Å². The van der Waals surface area contributed by atoms with E-state index in [1.807, 2.05) is 6.92 Å². The van der Waals surface area contributed by atoms with Crippen LogP contribution in [-0.4, -0.2) is 29.9 Å². The van der Waals surface area contributed by atoms with E-state index in [0.29, 0.717) is 34.5 Å². The van der Waals surface area contributed by atoms with Crippen LogP contribution in [0.5, 0.6) is 0 Å². The lowest BCUT2D eigenvalue weighted by atomic mass is 10.2. The van der Waals surface area contributed by atoms with E-state index < -0.39 is 4.92 Å². The molecule has 1 atom stereocenters. The number of halogens is 1. The lowest BCUT2D eigenvalue weighted by molar-refractivity contribution is -0.384. The third-order valence-corrected chi connectivity index (χ3v) is 5.61. The van der Waals surface area contributed by atoms with Crippen LogP contribution >= 0.6 is 11.8 Å². The van der Waals surface area contributed by atoms with E-state index in [0.717, 1.165) is 0 Å². The van der Waals surface area contributed by atoms with Gasteiger partial charge in [0.25, 0.3) is 5.69 Å². The average Bonchev–Trinajstić information content (AvgIpc) is 3.43. The Kier molecular flexibility index (Phi) is 6.08. The number of benzene rings is 2. The molecule has 0 aliphatic rings. The largest absolute Gasteiger partial charge is 0.419 e. The molecule has 9 nitrogen and oxygen atoms in total. The van der Waals surface area contributed by atoms with Crippen molar-refractivity contribution in [2.24, 2.45) is 0 Å². The Balaban J connectivity index is 1.57. The van der Waals surface area contributed by atoms with Crippen molar-refractivity contribution in [2.45, 2.75) is 23.9 Å². The molecular formula is C21H17FN6O3S. The van der Waals surface area contributed by atoms with Crippen LogP contribution in [0.1, 0.15) is 18.1 Å². The van der Waals surface area contributed by atoms with E-state index >= 15 is 0 Å². The fourth-order valence-electron chi connectivity index (χ4n) is 2.96. The number of hydrogen-bond donors (Lipinski definition) is 0. The predicted octanol–water partition coefficient (Wildman–Crippen LogP) is 5.08. The highest BCUT2D eigenvalue weighted by molar-refractivity contribution is 7.99. The third kappa shape index (κ3) is 4.28. The van der Waals surface area contributed by atoms with Crippen molar-refractivity contribution in [3.8, 4) is 22.8 Å². The van der Waals surface area contributed by atoms with Crippen LogP contribution < -0.4 is 0 Å². The van der Waals surface area contributed by atoms with Gasteiger partial charge in [-0.15, -0.1) is 27.0 Å². The van der Waals surface area contributed by atoms with Gasteiger partial charge in [-0.1, -0.05) is 30.0 Å². The summed E-state index contributed by atoms with van der Waals surface area (Å²) in [5.74, 6) is 0.611. The molecule has 0 bridgehead atoms. The lowest BCUT2D eigenvalue weighted by Crippen LogP contribution is -2.02. The summed E-state index contributed by atoms with van der Waals surface area (Å²) in [5.41, 5.74) is 0.896. The number of non-ortho nitro benzene ring substituents is 1. The van der Waals surface area contributed by atoms with Crippen molar-refractivity contribution in [3.63, 3.8) is 0 Å². The Morgan fingerprint density at radius 3 is 2.62 bits per heavy atom. The zero-order valence-corrected chi connectivity index (χ0v) is 17.7. The second-order valence-electron chi connectivity index (χ2n) is 6.69. The predicted molar refractivity (Wildman–Crippen MR) is 116 cm³/mol. The van der Waals surface area contributed by atoms with Crippen LogP contribution in [0.2, 0.25) is 0 Å².